The quantitative estimate of drug-likeness (QED) is 0.224. The standard InChI is InChI=1S/C36H22N2O/c39-36-31-19-17-24(22-33(31)35-34(15-8-20-37-35)38(36)25-9-2-1-3-10-25)23-16-18-30-28-13-5-4-11-26(28)27-12-6-7-14-29(27)32(30)21-23/h1-22H. The van der Waals surface area contributed by atoms with E-state index in [0.29, 0.717) is 5.39 Å². The van der Waals surface area contributed by atoms with Crippen LogP contribution in [0.25, 0.3) is 70.9 Å². The number of aromatic nitrogens is 2. The maximum Gasteiger partial charge on any atom is 0.263 e. The Kier molecular flexibility index (Phi) is 4.67. The van der Waals surface area contributed by atoms with Gasteiger partial charge in [-0.3, -0.25) is 14.3 Å². The highest BCUT2D eigenvalue weighted by atomic mass is 16.1. The molecule has 0 aliphatic heterocycles. The summed E-state index contributed by atoms with van der Waals surface area (Å²) in [5.41, 5.74) is 4.58. The Hall–Kier alpha value is -5.28. The fraction of sp³-hybridized carbons (Fsp3) is 0. The van der Waals surface area contributed by atoms with E-state index in [-0.39, 0.29) is 5.56 Å². The molecule has 0 saturated carbocycles. The van der Waals surface area contributed by atoms with Crippen LogP contribution >= 0.6 is 0 Å². The molecule has 0 N–H and O–H groups in total. The molecule has 8 rings (SSSR count). The van der Waals surface area contributed by atoms with Crippen LogP contribution in [0.15, 0.2) is 138 Å². The van der Waals surface area contributed by atoms with E-state index in [4.69, 9.17) is 4.98 Å². The number of rotatable bonds is 2. The maximum absolute atomic E-state index is 13.8. The number of pyridine rings is 2. The number of nitrogens with zero attached hydrogens (tertiary/aromatic N) is 2. The first kappa shape index (κ1) is 21.8. The zero-order chi connectivity index (χ0) is 25.9. The minimum atomic E-state index is -0.0424. The molecule has 0 unspecified atom stereocenters. The Morgan fingerprint density at radius 2 is 1.00 bits per heavy atom. The first-order valence-electron chi connectivity index (χ1n) is 13.1. The predicted octanol–water partition coefficient (Wildman–Crippen LogP) is 8.67. The highest BCUT2D eigenvalue weighted by Gasteiger charge is 2.15. The second kappa shape index (κ2) is 8.37. The summed E-state index contributed by atoms with van der Waals surface area (Å²) in [4.78, 5) is 18.5. The average Bonchev–Trinajstić information content (AvgIpc) is 3.01. The molecule has 2 aromatic heterocycles. The molecule has 0 atom stereocenters. The summed E-state index contributed by atoms with van der Waals surface area (Å²) in [7, 11) is 0. The van der Waals surface area contributed by atoms with Gasteiger partial charge in [0.25, 0.3) is 5.56 Å². The molecule has 0 bridgehead atoms. The zero-order valence-electron chi connectivity index (χ0n) is 21.0. The van der Waals surface area contributed by atoms with Crippen LogP contribution in [0.1, 0.15) is 0 Å². The van der Waals surface area contributed by atoms with Gasteiger partial charge in [0.15, 0.2) is 0 Å². The van der Waals surface area contributed by atoms with Crippen molar-refractivity contribution in [3.05, 3.63) is 144 Å². The van der Waals surface area contributed by atoms with Crippen molar-refractivity contribution >= 4 is 54.1 Å². The van der Waals surface area contributed by atoms with Crippen molar-refractivity contribution in [2.45, 2.75) is 0 Å². The van der Waals surface area contributed by atoms with Gasteiger partial charge in [0.05, 0.1) is 11.0 Å². The van der Waals surface area contributed by atoms with E-state index in [2.05, 4.69) is 78.9 Å². The molecule has 0 aliphatic rings. The number of para-hydroxylation sites is 1. The van der Waals surface area contributed by atoms with Crippen molar-refractivity contribution < 1.29 is 0 Å². The highest BCUT2D eigenvalue weighted by Crippen LogP contribution is 2.37. The van der Waals surface area contributed by atoms with Crippen LogP contribution in [0.2, 0.25) is 0 Å². The summed E-state index contributed by atoms with van der Waals surface area (Å²) in [6.45, 7) is 0. The maximum atomic E-state index is 13.8. The van der Waals surface area contributed by atoms with Gasteiger partial charge in [0, 0.05) is 22.7 Å². The molecule has 2 heterocycles. The van der Waals surface area contributed by atoms with Gasteiger partial charge in [-0.05, 0) is 85.9 Å². The zero-order valence-corrected chi connectivity index (χ0v) is 21.0. The van der Waals surface area contributed by atoms with Crippen molar-refractivity contribution in [2.24, 2.45) is 0 Å². The Bertz CT molecular complexity index is 2260. The number of benzene rings is 6. The molecular weight excluding hydrogens is 476 g/mol. The van der Waals surface area contributed by atoms with E-state index in [1.165, 1.54) is 32.3 Å². The Morgan fingerprint density at radius 3 is 1.67 bits per heavy atom. The van der Waals surface area contributed by atoms with Crippen LogP contribution in [-0.2, 0) is 0 Å². The predicted molar refractivity (Wildman–Crippen MR) is 163 cm³/mol. The van der Waals surface area contributed by atoms with Crippen molar-refractivity contribution in [3.8, 4) is 16.8 Å². The van der Waals surface area contributed by atoms with E-state index in [0.717, 1.165) is 33.2 Å². The molecule has 6 aromatic carbocycles. The van der Waals surface area contributed by atoms with Crippen LogP contribution in [0, 0.1) is 0 Å². The molecule has 0 aliphatic carbocycles. The van der Waals surface area contributed by atoms with E-state index in [1.54, 1.807) is 10.8 Å². The topological polar surface area (TPSA) is 34.9 Å². The molecule has 3 nitrogen and oxygen atoms in total. The molecule has 0 saturated heterocycles. The van der Waals surface area contributed by atoms with Gasteiger partial charge in [-0.25, -0.2) is 0 Å². The minimum Gasteiger partial charge on any atom is -0.275 e. The van der Waals surface area contributed by atoms with E-state index >= 15 is 0 Å². The van der Waals surface area contributed by atoms with Crippen molar-refractivity contribution in [1.82, 2.24) is 9.55 Å². The van der Waals surface area contributed by atoms with Gasteiger partial charge in [-0.1, -0.05) is 84.9 Å². The van der Waals surface area contributed by atoms with Crippen LogP contribution in [0.3, 0.4) is 0 Å². The SMILES string of the molecule is O=c1c2ccc(-c3ccc4c5ccccc5c5ccccc5c4c3)cc2c2ncccc2n1-c1ccccc1. The fourth-order valence-corrected chi connectivity index (χ4v) is 6.04. The summed E-state index contributed by atoms with van der Waals surface area (Å²) in [5, 5.41) is 9.02. The van der Waals surface area contributed by atoms with E-state index < -0.39 is 0 Å². The molecule has 182 valence electrons. The lowest BCUT2D eigenvalue weighted by atomic mass is 9.91. The van der Waals surface area contributed by atoms with Gasteiger partial charge in [0.2, 0.25) is 0 Å². The van der Waals surface area contributed by atoms with Gasteiger partial charge in [-0.15, -0.1) is 0 Å². The normalized spacial score (nSPS) is 11.7. The second-order valence-corrected chi connectivity index (χ2v) is 9.96. The summed E-state index contributed by atoms with van der Waals surface area (Å²) in [6.07, 6.45) is 1.79. The number of fused-ring (bicyclic) bond motifs is 9. The summed E-state index contributed by atoms with van der Waals surface area (Å²) in [6, 6.07) is 43.7. The summed E-state index contributed by atoms with van der Waals surface area (Å²) >= 11 is 0. The average molecular weight is 499 g/mol. The van der Waals surface area contributed by atoms with Crippen LogP contribution < -0.4 is 5.56 Å². The van der Waals surface area contributed by atoms with E-state index in [1.807, 2.05) is 48.5 Å². The Balaban J connectivity index is 1.41. The van der Waals surface area contributed by atoms with Crippen LogP contribution in [0.4, 0.5) is 0 Å². The molecule has 0 radical (unpaired) electrons. The van der Waals surface area contributed by atoms with Crippen molar-refractivity contribution in [2.75, 3.05) is 0 Å². The minimum absolute atomic E-state index is 0.0424. The number of hydrogen-bond donors (Lipinski definition) is 0. The molecule has 0 fully saturated rings. The van der Waals surface area contributed by atoms with Crippen molar-refractivity contribution in [3.63, 3.8) is 0 Å². The molecule has 8 aromatic rings. The smallest absolute Gasteiger partial charge is 0.263 e. The Morgan fingerprint density at radius 1 is 0.462 bits per heavy atom. The van der Waals surface area contributed by atoms with Gasteiger partial charge < -0.3 is 0 Å². The van der Waals surface area contributed by atoms with Gasteiger partial charge >= 0.3 is 0 Å². The number of hydrogen-bond acceptors (Lipinski definition) is 2. The van der Waals surface area contributed by atoms with E-state index in [9.17, 15) is 4.79 Å². The highest BCUT2D eigenvalue weighted by molar-refractivity contribution is 6.25. The third kappa shape index (κ3) is 3.23. The second-order valence-electron chi connectivity index (χ2n) is 9.96. The van der Waals surface area contributed by atoms with Gasteiger partial charge in [-0.2, -0.15) is 0 Å². The lowest BCUT2D eigenvalue weighted by Gasteiger charge is -2.14. The summed E-state index contributed by atoms with van der Waals surface area (Å²) < 4.78 is 1.76. The van der Waals surface area contributed by atoms with Crippen molar-refractivity contribution in [1.29, 1.82) is 0 Å². The lowest BCUT2D eigenvalue weighted by Crippen LogP contribution is -2.19. The van der Waals surface area contributed by atoms with Crippen LogP contribution in [-0.4, -0.2) is 9.55 Å². The molecule has 0 spiro atoms. The first-order valence-corrected chi connectivity index (χ1v) is 13.1. The monoisotopic (exact) mass is 498 g/mol. The first-order chi connectivity index (χ1) is 19.3. The summed E-state index contributed by atoms with van der Waals surface area (Å²) in [5.74, 6) is 0. The van der Waals surface area contributed by atoms with Crippen LogP contribution in [0.5, 0.6) is 0 Å². The Labute approximate surface area is 224 Å². The lowest BCUT2D eigenvalue weighted by molar-refractivity contribution is 1.06. The third-order valence-electron chi connectivity index (χ3n) is 7.83. The van der Waals surface area contributed by atoms with Gasteiger partial charge in [0.1, 0.15) is 0 Å². The molecule has 0 amide bonds. The molecular formula is C36H22N2O. The molecule has 3 heteroatoms. The molecule has 39 heavy (non-hydrogen) atoms. The fourth-order valence-electron chi connectivity index (χ4n) is 6.04. The third-order valence-corrected chi connectivity index (χ3v) is 7.83. The largest absolute Gasteiger partial charge is 0.275 e.